The summed E-state index contributed by atoms with van der Waals surface area (Å²) in [5.41, 5.74) is 0. The molecule has 1 fully saturated rings. The summed E-state index contributed by atoms with van der Waals surface area (Å²) in [6.07, 6.45) is 0.583. The lowest BCUT2D eigenvalue weighted by Gasteiger charge is -1.59. The van der Waals surface area contributed by atoms with Crippen molar-refractivity contribution in [2.45, 2.75) is 13.0 Å². The Morgan fingerprint density at radius 2 is 1.62 bits per heavy atom. The maximum absolute atomic E-state index is 4.71. The summed E-state index contributed by atoms with van der Waals surface area (Å²) in [5, 5.41) is 2.75. The Bertz CT molecular complexity index is 39.4. The van der Waals surface area contributed by atoms with Crippen LogP contribution in [-0.4, -0.2) is 26.8 Å². The summed E-state index contributed by atoms with van der Waals surface area (Å²) in [4.78, 5) is 0. The van der Waals surface area contributed by atoms with Crippen molar-refractivity contribution in [2.75, 3.05) is 20.7 Å². The van der Waals surface area contributed by atoms with E-state index in [0.29, 0.717) is 6.10 Å². The first-order chi connectivity index (χ1) is 3.31. The number of halogens is 1. The molecule has 0 spiro atoms. The Morgan fingerprint density at radius 3 is 1.62 bits per heavy atom. The van der Waals surface area contributed by atoms with Crippen molar-refractivity contribution < 1.29 is 4.74 Å². The van der Waals surface area contributed by atoms with Crippen molar-refractivity contribution in [3.63, 3.8) is 0 Å². The molecule has 1 atom stereocenters. The fourth-order valence-electron chi connectivity index (χ4n) is 0.0962. The Kier molecular flexibility index (Phi) is 10.4. The van der Waals surface area contributed by atoms with Crippen molar-refractivity contribution in [3.05, 3.63) is 0 Å². The van der Waals surface area contributed by atoms with Gasteiger partial charge in [-0.2, -0.15) is 0 Å². The molecule has 2 nitrogen and oxygen atoms in total. The molecule has 3 heteroatoms. The maximum atomic E-state index is 4.71. The molecule has 0 amide bonds. The highest BCUT2D eigenvalue weighted by molar-refractivity contribution is 8.93. The molecule has 1 aliphatic rings. The molecule has 1 aliphatic heterocycles. The lowest BCUT2D eigenvalue weighted by molar-refractivity contribution is 0.423. The highest BCUT2D eigenvalue weighted by atomic mass is 79.9. The molecule has 1 rings (SSSR count). The van der Waals surface area contributed by atoms with Crippen LogP contribution in [0.15, 0.2) is 0 Å². The number of nitrogens with one attached hydrogen (secondary N) is 1. The monoisotopic (exact) mass is 183 g/mol. The molecule has 0 aromatic carbocycles. The van der Waals surface area contributed by atoms with Crippen molar-refractivity contribution in [1.29, 1.82) is 0 Å². The Balaban J connectivity index is 0. The molecule has 0 bridgehead atoms. The standard InChI is InChI=1S/C3H6O.C2H7N.BrH/c1-3-2-4-3;1-3-2;/h3H,2H2,1H3;3H,1-2H3;1H. The summed E-state index contributed by atoms with van der Waals surface area (Å²) in [6.45, 7) is 3.04. The highest BCUT2D eigenvalue weighted by Crippen LogP contribution is 2.04. The molecule has 8 heavy (non-hydrogen) atoms. The van der Waals surface area contributed by atoms with Gasteiger partial charge < -0.3 is 10.1 Å². The van der Waals surface area contributed by atoms with Gasteiger partial charge in [-0.25, -0.2) is 0 Å². The Labute approximate surface area is 61.4 Å². The summed E-state index contributed by atoms with van der Waals surface area (Å²) >= 11 is 0. The van der Waals surface area contributed by atoms with Crippen LogP contribution in [0, 0.1) is 0 Å². The molecule has 0 aromatic heterocycles. The van der Waals surface area contributed by atoms with Crippen molar-refractivity contribution >= 4 is 17.0 Å². The van der Waals surface area contributed by atoms with Gasteiger partial charge in [0.2, 0.25) is 0 Å². The molecular weight excluding hydrogens is 170 g/mol. The average molecular weight is 184 g/mol. The van der Waals surface area contributed by atoms with Crippen LogP contribution in [0.1, 0.15) is 6.92 Å². The summed E-state index contributed by atoms with van der Waals surface area (Å²) in [5.74, 6) is 0. The minimum absolute atomic E-state index is 0. The molecule has 1 N–H and O–H groups in total. The van der Waals surface area contributed by atoms with Crippen LogP contribution < -0.4 is 5.32 Å². The minimum Gasteiger partial charge on any atom is -0.373 e. The summed E-state index contributed by atoms with van der Waals surface area (Å²) in [7, 11) is 3.75. The van der Waals surface area contributed by atoms with E-state index in [2.05, 4.69) is 12.2 Å². The normalized spacial score (nSPS) is 22.1. The number of hydrogen-bond donors (Lipinski definition) is 1. The van der Waals surface area contributed by atoms with Crippen LogP contribution in [0.2, 0.25) is 0 Å². The van der Waals surface area contributed by atoms with E-state index in [1.54, 1.807) is 0 Å². The van der Waals surface area contributed by atoms with Crippen molar-refractivity contribution in [2.24, 2.45) is 0 Å². The number of hydrogen-bond acceptors (Lipinski definition) is 2. The minimum atomic E-state index is 0. The van der Waals surface area contributed by atoms with Crippen LogP contribution in [0.25, 0.3) is 0 Å². The molecule has 0 saturated carbocycles. The predicted octanol–water partition coefficient (Wildman–Crippen LogP) is 0.819. The average Bonchev–Trinajstić information content (AvgIpc) is 2.25. The second-order valence-corrected chi connectivity index (χ2v) is 1.64. The fraction of sp³-hybridized carbons (Fsp3) is 1.00. The van der Waals surface area contributed by atoms with Gasteiger partial charge in [0.15, 0.2) is 0 Å². The smallest absolute Gasteiger partial charge is 0.0781 e. The first-order valence-corrected chi connectivity index (χ1v) is 2.51. The zero-order chi connectivity index (χ0) is 5.70. The van der Waals surface area contributed by atoms with Crippen molar-refractivity contribution in [1.82, 2.24) is 5.32 Å². The Hall–Kier alpha value is 0.400. The molecule has 52 valence electrons. The van der Waals surface area contributed by atoms with Crippen LogP contribution in [0.3, 0.4) is 0 Å². The predicted molar refractivity (Wildman–Crippen MR) is 40.7 cm³/mol. The third kappa shape index (κ3) is 16.1. The van der Waals surface area contributed by atoms with Crippen molar-refractivity contribution in [3.8, 4) is 0 Å². The van der Waals surface area contributed by atoms with E-state index in [-0.39, 0.29) is 17.0 Å². The van der Waals surface area contributed by atoms with Gasteiger partial charge in [-0.3, -0.25) is 0 Å². The molecule has 1 saturated heterocycles. The Morgan fingerprint density at radius 1 is 1.50 bits per heavy atom. The summed E-state index contributed by atoms with van der Waals surface area (Å²) < 4.78 is 4.71. The molecule has 0 aromatic rings. The lowest BCUT2D eigenvalue weighted by Crippen LogP contribution is -1.89. The van der Waals surface area contributed by atoms with Gasteiger partial charge in [-0.1, -0.05) is 0 Å². The summed E-state index contributed by atoms with van der Waals surface area (Å²) in [6, 6.07) is 0. The van der Waals surface area contributed by atoms with E-state index in [0.717, 1.165) is 6.61 Å². The quantitative estimate of drug-likeness (QED) is 0.563. The van der Waals surface area contributed by atoms with Gasteiger partial charge in [0.05, 0.1) is 12.7 Å². The molecule has 0 aliphatic carbocycles. The van der Waals surface area contributed by atoms with Gasteiger partial charge in [0, 0.05) is 0 Å². The zero-order valence-electron chi connectivity index (χ0n) is 5.60. The molecule has 1 unspecified atom stereocenters. The highest BCUT2D eigenvalue weighted by Gasteiger charge is 2.13. The first kappa shape index (κ1) is 11.2. The zero-order valence-corrected chi connectivity index (χ0v) is 7.31. The topological polar surface area (TPSA) is 24.6 Å². The van der Waals surface area contributed by atoms with E-state index in [9.17, 15) is 0 Å². The maximum Gasteiger partial charge on any atom is 0.0781 e. The van der Waals surface area contributed by atoms with Gasteiger partial charge in [0.25, 0.3) is 0 Å². The van der Waals surface area contributed by atoms with E-state index in [1.165, 1.54) is 0 Å². The molecule has 1 heterocycles. The van der Waals surface area contributed by atoms with Crippen LogP contribution in [-0.2, 0) is 4.74 Å². The molecular formula is C5H14BrNO. The van der Waals surface area contributed by atoms with Gasteiger partial charge in [-0.05, 0) is 21.0 Å². The van der Waals surface area contributed by atoms with E-state index in [1.807, 2.05) is 14.1 Å². The third-order valence-corrected chi connectivity index (χ3v) is 0.500. The van der Waals surface area contributed by atoms with Crippen LogP contribution >= 0.6 is 17.0 Å². The van der Waals surface area contributed by atoms with Crippen LogP contribution in [0.5, 0.6) is 0 Å². The van der Waals surface area contributed by atoms with E-state index >= 15 is 0 Å². The lowest BCUT2D eigenvalue weighted by atomic mass is 10.6. The third-order valence-electron chi connectivity index (χ3n) is 0.500. The van der Waals surface area contributed by atoms with E-state index < -0.39 is 0 Å². The largest absolute Gasteiger partial charge is 0.373 e. The number of rotatable bonds is 0. The first-order valence-electron chi connectivity index (χ1n) is 2.51. The van der Waals surface area contributed by atoms with Gasteiger partial charge in [-0.15, -0.1) is 17.0 Å². The van der Waals surface area contributed by atoms with E-state index in [4.69, 9.17) is 4.74 Å². The SMILES string of the molecule is Br.CC1CO1.CNC. The van der Waals surface area contributed by atoms with Crippen LogP contribution in [0.4, 0.5) is 0 Å². The molecule has 0 radical (unpaired) electrons. The fourth-order valence-corrected chi connectivity index (χ4v) is 0.0962. The number of ether oxygens (including phenoxy) is 1. The second kappa shape index (κ2) is 7.40. The second-order valence-electron chi connectivity index (χ2n) is 1.64. The van der Waals surface area contributed by atoms with Gasteiger partial charge >= 0.3 is 0 Å². The van der Waals surface area contributed by atoms with Gasteiger partial charge in [0.1, 0.15) is 0 Å². The number of epoxide rings is 1.